The fourth-order valence-corrected chi connectivity index (χ4v) is 3.99. The average molecular weight is 338 g/mol. The molecule has 0 aliphatic carbocycles. The number of carbonyl (C=O) groups is 3. The SMILES string of the molecule is CN(C)C(=O)CCCN1CCc2c(sc(NC=O)c2C(N)=O)C1. The minimum absolute atomic E-state index is 0.132. The minimum Gasteiger partial charge on any atom is -0.365 e. The van der Waals surface area contributed by atoms with Crippen LogP contribution < -0.4 is 11.1 Å². The number of carbonyl (C=O) groups excluding carboxylic acids is 3. The van der Waals surface area contributed by atoms with Crippen LogP contribution in [0.3, 0.4) is 0 Å². The van der Waals surface area contributed by atoms with Crippen LogP contribution in [0.4, 0.5) is 5.00 Å². The first-order valence-corrected chi connectivity index (χ1v) is 8.32. The molecule has 0 atom stereocenters. The number of nitrogens with zero attached hydrogens (tertiary/aromatic N) is 2. The van der Waals surface area contributed by atoms with Crippen LogP contribution in [-0.4, -0.2) is 55.2 Å². The van der Waals surface area contributed by atoms with Gasteiger partial charge in [-0.25, -0.2) is 0 Å². The number of rotatable bonds is 7. The molecule has 126 valence electrons. The number of hydrogen-bond donors (Lipinski definition) is 2. The molecule has 1 aromatic rings. The van der Waals surface area contributed by atoms with E-state index in [1.165, 1.54) is 11.3 Å². The molecule has 0 saturated carbocycles. The van der Waals surface area contributed by atoms with Gasteiger partial charge in [0.05, 0.1) is 5.56 Å². The van der Waals surface area contributed by atoms with Gasteiger partial charge in [0.25, 0.3) is 5.91 Å². The van der Waals surface area contributed by atoms with E-state index in [1.807, 2.05) is 0 Å². The van der Waals surface area contributed by atoms with Crippen molar-refractivity contribution in [2.24, 2.45) is 5.73 Å². The van der Waals surface area contributed by atoms with Crippen LogP contribution in [-0.2, 0) is 22.6 Å². The molecule has 8 heteroatoms. The summed E-state index contributed by atoms with van der Waals surface area (Å²) in [4.78, 5) is 38.8. The summed E-state index contributed by atoms with van der Waals surface area (Å²) in [6, 6.07) is 0. The van der Waals surface area contributed by atoms with Crippen LogP contribution in [0, 0.1) is 0 Å². The molecule has 0 bridgehead atoms. The van der Waals surface area contributed by atoms with Crippen molar-refractivity contribution >= 4 is 34.6 Å². The molecule has 1 aromatic heterocycles. The van der Waals surface area contributed by atoms with Gasteiger partial charge < -0.3 is 16.0 Å². The minimum atomic E-state index is -0.503. The third-order valence-electron chi connectivity index (χ3n) is 3.94. The Balaban J connectivity index is 2.01. The average Bonchev–Trinajstić information content (AvgIpc) is 2.84. The Labute approximate surface area is 139 Å². The molecule has 1 aliphatic heterocycles. The van der Waals surface area contributed by atoms with E-state index in [-0.39, 0.29) is 5.91 Å². The summed E-state index contributed by atoms with van der Waals surface area (Å²) in [6.45, 7) is 2.37. The molecular weight excluding hydrogens is 316 g/mol. The summed E-state index contributed by atoms with van der Waals surface area (Å²) >= 11 is 1.40. The van der Waals surface area contributed by atoms with Crippen LogP contribution in [0.15, 0.2) is 0 Å². The highest BCUT2D eigenvalue weighted by atomic mass is 32.1. The van der Waals surface area contributed by atoms with Crippen molar-refractivity contribution in [3.05, 3.63) is 16.0 Å². The molecule has 0 aromatic carbocycles. The van der Waals surface area contributed by atoms with Crippen molar-refractivity contribution in [3.63, 3.8) is 0 Å². The van der Waals surface area contributed by atoms with Gasteiger partial charge in [0.2, 0.25) is 12.3 Å². The van der Waals surface area contributed by atoms with Crippen molar-refractivity contribution in [1.29, 1.82) is 0 Å². The number of nitrogens with one attached hydrogen (secondary N) is 1. The zero-order chi connectivity index (χ0) is 17.0. The van der Waals surface area contributed by atoms with Crippen molar-refractivity contribution in [3.8, 4) is 0 Å². The number of primary amides is 1. The molecule has 0 unspecified atom stereocenters. The number of anilines is 1. The predicted molar refractivity (Wildman–Crippen MR) is 89.4 cm³/mol. The van der Waals surface area contributed by atoms with E-state index in [0.717, 1.165) is 42.9 Å². The molecule has 1 aliphatic rings. The first-order chi connectivity index (χ1) is 10.9. The second kappa shape index (κ2) is 7.56. The molecule has 7 nitrogen and oxygen atoms in total. The Morgan fingerprint density at radius 2 is 2.17 bits per heavy atom. The third kappa shape index (κ3) is 4.08. The maximum Gasteiger partial charge on any atom is 0.251 e. The molecule has 0 radical (unpaired) electrons. The van der Waals surface area contributed by atoms with Crippen LogP contribution in [0.1, 0.15) is 33.6 Å². The lowest BCUT2D eigenvalue weighted by Crippen LogP contribution is -2.32. The molecule has 0 fully saturated rings. The maximum atomic E-state index is 11.6. The van der Waals surface area contributed by atoms with Gasteiger partial charge in [-0.2, -0.15) is 0 Å². The number of amides is 3. The lowest BCUT2D eigenvalue weighted by Gasteiger charge is -2.27. The zero-order valence-electron chi connectivity index (χ0n) is 13.4. The van der Waals surface area contributed by atoms with Crippen molar-refractivity contribution in [1.82, 2.24) is 9.80 Å². The van der Waals surface area contributed by atoms with E-state index >= 15 is 0 Å². The Bertz CT molecular complexity index is 612. The lowest BCUT2D eigenvalue weighted by molar-refractivity contribution is -0.128. The Morgan fingerprint density at radius 3 is 2.78 bits per heavy atom. The molecule has 2 rings (SSSR count). The molecule has 3 amide bonds. The van der Waals surface area contributed by atoms with Gasteiger partial charge in [0.1, 0.15) is 5.00 Å². The van der Waals surface area contributed by atoms with Crippen LogP contribution in [0.2, 0.25) is 0 Å². The second-order valence-electron chi connectivity index (χ2n) is 5.75. The highest BCUT2D eigenvalue weighted by molar-refractivity contribution is 7.16. The van der Waals surface area contributed by atoms with Gasteiger partial charge in [-0.15, -0.1) is 11.3 Å². The van der Waals surface area contributed by atoms with E-state index in [0.29, 0.717) is 23.4 Å². The van der Waals surface area contributed by atoms with Gasteiger partial charge in [0, 0.05) is 38.5 Å². The fraction of sp³-hybridized carbons (Fsp3) is 0.533. The number of hydrogen-bond acceptors (Lipinski definition) is 5. The first kappa shape index (κ1) is 17.4. The van der Waals surface area contributed by atoms with Gasteiger partial charge in [-0.1, -0.05) is 0 Å². The standard InChI is InChI=1S/C15H22N4O3S/c1-18(2)12(21)4-3-6-19-7-5-10-11(8-19)23-15(17-9-20)13(10)14(16)22/h9H,3-8H2,1-2H3,(H2,16,22)(H,17,20). The van der Waals surface area contributed by atoms with Gasteiger partial charge in [0.15, 0.2) is 0 Å². The van der Waals surface area contributed by atoms with E-state index in [9.17, 15) is 14.4 Å². The molecule has 0 saturated heterocycles. The quantitative estimate of drug-likeness (QED) is 0.713. The van der Waals surface area contributed by atoms with Crippen molar-refractivity contribution in [2.45, 2.75) is 25.8 Å². The van der Waals surface area contributed by atoms with Crippen molar-refractivity contribution in [2.75, 3.05) is 32.5 Å². The molecule has 2 heterocycles. The van der Waals surface area contributed by atoms with E-state index in [4.69, 9.17) is 5.73 Å². The summed E-state index contributed by atoms with van der Waals surface area (Å²) in [5, 5.41) is 3.10. The van der Waals surface area contributed by atoms with Crippen LogP contribution >= 0.6 is 11.3 Å². The van der Waals surface area contributed by atoms with Gasteiger partial charge in [-0.3, -0.25) is 19.3 Å². The van der Waals surface area contributed by atoms with E-state index in [2.05, 4.69) is 10.2 Å². The van der Waals surface area contributed by atoms with Gasteiger partial charge in [-0.05, 0) is 24.9 Å². The molecular formula is C15H22N4O3S. The van der Waals surface area contributed by atoms with Crippen LogP contribution in [0.25, 0.3) is 0 Å². The summed E-state index contributed by atoms with van der Waals surface area (Å²) in [5.41, 5.74) is 6.84. The first-order valence-electron chi connectivity index (χ1n) is 7.51. The summed E-state index contributed by atoms with van der Waals surface area (Å²) in [7, 11) is 3.52. The number of nitrogens with two attached hydrogens (primary N) is 1. The summed E-state index contributed by atoms with van der Waals surface area (Å²) < 4.78 is 0. The smallest absolute Gasteiger partial charge is 0.251 e. The second-order valence-corrected chi connectivity index (χ2v) is 6.86. The Morgan fingerprint density at radius 1 is 1.43 bits per heavy atom. The van der Waals surface area contributed by atoms with E-state index < -0.39 is 5.91 Å². The fourth-order valence-electron chi connectivity index (χ4n) is 2.74. The summed E-state index contributed by atoms with van der Waals surface area (Å²) in [6.07, 6.45) is 2.63. The molecule has 23 heavy (non-hydrogen) atoms. The van der Waals surface area contributed by atoms with Gasteiger partial charge >= 0.3 is 0 Å². The highest BCUT2D eigenvalue weighted by Crippen LogP contribution is 2.36. The van der Waals surface area contributed by atoms with Crippen molar-refractivity contribution < 1.29 is 14.4 Å². The number of fused-ring (bicyclic) bond motifs is 1. The largest absolute Gasteiger partial charge is 0.365 e. The maximum absolute atomic E-state index is 11.6. The Kier molecular flexibility index (Phi) is 5.73. The monoisotopic (exact) mass is 338 g/mol. The third-order valence-corrected chi connectivity index (χ3v) is 5.08. The molecule has 0 spiro atoms. The van der Waals surface area contributed by atoms with E-state index in [1.54, 1.807) is 19.0 Å². The normalized spacial score (nSPS) is 14.2. The highest BCUT2D eigenvalue weighted by Gasteiger charge is 2.26. The van der Waals surface area contributed by atoms with Crippen LogP contribution in [0.5, 0.6) is 0 Å². The zero-order valence-corrected chi connectivity index (χ0v) is 14.2. The topological polar surface area (TPSA) is 95.7 Å². The summed E-state index contributed by atoms with van der Waals surface area (Å²) in [5.74, 6) is -0.371. The Hall–Kier alpha value is -1.93. The lowest BCUT2D eigenvalue weighted by atomic mass is 10.0. The predicted octanol–water partition coefficient (Wildman–Crippen LogP) is 0.642. The molecule has 3 N–H and O–H groups in total. The number of thiophene rings is 1.